The van der Waals surface area contributed by atoms with E-state index in [1.165, 1.54) is 0 Å². The maximum atomic E-state index is 13.5. The van der Waals surface area contributed by atoms with Gasteiger partial charge in [-0.3, -0.25) is 4.79 Å². The number of hydrogen-bond acceptors (Lipinski definition) is 3. The number of hydrogen-bond donors (Lipinski definition) is 1. The molecule has 0 amide bonds. The van der Waals surface area contributed by atoms with E-state index in [-0.39, 0.29) is 11.4 Å². The first-order valence-corrected chi connectivity index (χ1v) is 7.33. The third kappa shape index (κ3) is 3.41. The third-order valence-corrected chi connectivity index (χ3v) is 3.63. The molecule has 0 unspecified atom stereocenters. The predicted octanol–water partition coefficient (Wildman–Crippen LogP) is 3.53. The van der Waals surface area contributed by atoms with Gasteiger partial charge >= 0.3 is 5.97 Å². The van der Waals surface area contributed by atoms with E-state index in [2.05, 4.69) is 5.10 Å². The number of benzene rings is 2. The zero-order valence-corrected chi connectivity index (χ0v) is 13.2. The zero-order valence-electron chi connectivity index (χ0n) is 12.4. The second-order valence-corrected chi connectivity index (χ2v) is 5.54. The van der Waals surface area contributed by atoms with Crippen molar-refractivity contribution in [3.05, 3.63) is 81.1 Å². The Bertz CT molecular complexity index is 1010. The lowest BCUT2D eigenvalue weighted by atomic mass is 10.1. The predicted molar refractivity (Wildman–Crippen MR) is 87.2 cm³/mol. The minimum absolute atomic E-state index is 0.137. The van der Waals surface area contributed by atoms with Crippen LogP contribution in [0.15, 0.2) is 53.3 Å². The first-order chi connectivity index (χ1) is 11.8. The van der Waals surface area contributed by atoms with Crippen molar-refractivity contribution in [1.29, 1.82) is 0 Å². The summed E-state index contributed by atoms with van der Waals surface area (Å²) in [5.74, 6) is -3.32. The second-order valence-electron chi connectivity index (χ2n) is 5.10. The van der Waals surface area contributed by atoms with Gasteiger partial charge in [0.15, 0.2) is 0 Å². The number of aromatic nitrogens is 2. The van der Waals surface area contributed by atoms with Crippen molar-refractivity contribution >= 4 is 17.6 Å². The summed E-state index contributed by atoms with van der Waals surface area (Å²) in [6.45, 7) is 0. The van der Waals surface area contributed by atoms with E-state index in [1.54, 1.807) is 24.3 Å². The number of aromatic carboxylic acids is 1. The fraction of sp³-hybridized carbons (Fsp3) is 0. The highest BCUT2D eigenvalue weighted by molar-refractivity contribution is 6.30. The summed E-state index contributed by atoms with van der Waals surface area (Å²) in [5.41, 5.74) is -1.18. The summed E-state index contributed by atoms with van der Waals surface area (Å²) in [5, 5.41) is 13.7. The van der Waals surface area contributed by atoms with E-state index in [0.29, 0.717) is 21.3 Å². The van der Waals surface area contributed by atoms with Crippen molar-refractivity contribution in [2.45, 2.75) is 0 Å². The molecular weight excluding hydrogens is 354 g/mol. The highest BCUT2D eigenvalue weighted by Gasteiger charge is 2.17. The van der Waals surface area contributed by atoms with Crippen molar-refractivity contribution < 1.29 is 18.7 Å². The van der Waals surface area contributed by atoms with Gasteiger partial charge in [-0.25, -0.2) is 13.6 Å². The van der Waals surface area contributed by atoms with Crippen LogP contribution in [-0.4, -0.2) is 20.9 Å². The van der Waals surface area contributed by atoms with Crippen LogP contribution in [-0.2, 0) is 0 Å². The van der Waals surface area contributed by atoms with E-state index in [4.69, 9.17) is 11.6 Å². The van der Waals surface area contributed by atoms with Gasteiger partial charge in [-0.05, 0) is 30.3 Å². The molecule has 0 spiro atoms. The van der Waals surface area contributed by atoms with Crippen LogP contribution < -0.4 is 5.56 Å². The van der Waals surface area contributed by atoms with Gasteiger partial charge in [0.05, 0.1) is 11.4 Å². The fourth-order valence-electron chi connectivity index (χ4n) is 2.25. The standard InChI is InChI=1S/C17H9ClF2N2O3/c18-10-3-1-9(2-4-10)15-8-14(17(24)25)16(23)22(21-15)13-6-11(19)5-12(20)7-13/h1-8H,(H,24,25). The molecule has 0 saturated heterocycles. The summed E-state index contributed by atoms with van der Waals surface area (Å²) < 4.78 is 27.6. The van der Waals surface area contributed by atoms with Crippen LogP contribution in [0.25, 0.3) is 16.9 Å². The Hall–Kier alpha value is -3.06. The Balaban J connectivity index is 2.29. The Labute approximate surface area is 144 Å². The largest absolute Gasteiger partial charge is 0.477 e. The number of rotatable bonds is 3. The van der Waals surface area contributed by atoms with Crippen molar-refractivity contribution in [3.8, 4) is 16.9 Å². The van der Waals surface area contributed by atoms with Crippen LogP contribution in [0.4, 0.5) is 8.78 Å². The van der Waals surface area contributed by atoms with Crippen molar-refractivity contribution in [3.63, 3.8) is 0 Å². The lowest BCUT2D eigenvalue weighted by Gasteiger charge is -2.10. The van der Waals surface area contributed by atoms with Gasteiger partial charge in [0.1, 0.15) is 17.2 Å². The molecule has 0 bridgehead atoms. The van der Waals surface area contributed by atoms with Gasteiger partial charge in [0, 0.05) is 16.7 Å². The molecule has 3 aromatic rings. The first-order valence-electron chi connectivity index (χ1n) is 6.95. The van der Waals surface area contributed by atoms with Crippen LogP contribution in [0.5, 0.6) is 0 Å². The van der Waals surface area contributed by atoms with Gasteiger partial charge in [-0.15, -0.1) is 0 Å². The van der Waals surface area contributed by atoms with E-state index >= 15 is 0 Å². The number of carboxylic acid groups (broad SMARTS) is 1. The molecule has 0 saturated carbocycles. The number of carbonyl (C=O) groups is 1. The van der Waals surface area contributed by atoms with Gasteiger partial charge in [0.25, 0.3) is 5.56 Å². The Kier molecular flexibility index (Phi) is 4.33. The van der Waals surface area contributed by atoms with Gasteiger partial charge < -0.3 is 5.11 Å². The summed E-state index contributed by atoms with van der Waals surface area (Å²) in [4.78, 5) is 23.7. The molecule has 0 radical (unpaired) electrons. The number of carboxylic acids is 1. The van der Waals surface area contributed by atoms with Crippen LogP contribution in [0.2, 0.25) is 5.02 Å². The maximum absolute atomic E-state index is 13.5. The van der Waals surface area contributed by atoms with Gasteiger partial charge in [-0.2, -0.15) is 9.78 Å². The lowest BCUT2D eigenvalue weighted by molar-refractivity contribution is 0.0694. The Morgan fingerprint density at radius 3 is 2.20 bits per heavy atom. The van der Waals surface area contributed by atoms with Crippen LogP contribution in [0.3, 0.4) is 0 Å². The monoisotopic (exact) mass is 362 g/mol. The van der Waals surface area contributed by atoms with E-state index in [0.717, 1.165) is 18.2 Å². The Morgan fingerprint density at radius 1 is 1.04 bits per heavy atom. The zero-order chi connectivity index (χ0) is 18.1. The smallest absolute Gasteiger partial charge is 0.341 e. The average molecular weight is 363 g/mol. The van der Waals surface area contributed by atoms with Crippen LogP contribution in [0.1, 0.15) is 10.4 Å². The second kappa shape index (κ2) is 6.45. The van der Waals surface area contributed by atoms with Gasteiger partial charge in [0.2, 0.25) is 0 Å². The number of halogens is 3. The molecule has 0 aliphatic carbocycles. The normalized spacial score (nSPS) is 10.7. The molecule has 0 atom stereocenters. The molecule has 0 aliphatic rings. The molecule has 1 aromatic heterocycles. The van der Waals surface area contributed by atoms with Crippen LogP contribution >= 0.6 is 11.6 Å². The molecule has 126 valence electrons. The molecule has 3 rings (SSSR count). The minimum atomic E-state index is -1.48. The maximum Gasteiger partial charge on any atom is 0.341 e. The lowest BCUT2D eigenvalue weighted by Crippen LogP contribution is -2.28. The minimum Gasteiger partial charge on any atom is -0.477 e. The van der Waals surface area contributed by atoms with E-state index < -0.39 is 28.7 Å². The highest BCUT2D eigenvalue weighted by atomic mass is 35.5. The molecule has 1 N–H and O–H groups in total. The summed E-state index contributed by atoms with van der Waals surface area (Å²) in [7, 11) is 0. The summed E-state index contributed by atoms with van der Waals surface area (Å²) in [6.07, 6.45) is 0. The topological polar surface area (TPSA) is 72.2 Å². The van der Waals surface area contributed by atoms with Crippen molar-refractivity contribution in [1.82, 2.24) is 9.78 Å². The van der Waals surface area contributed by atoms with E-state index in [1.807, 2.05) is 0 Å². The highest BCUT2D eigenvalue weighted by Crippen LogP contribution is 2.20. The number of nitrogens with zero attached hydrogens (tertiary/aromatic N) is 2. The quantitative estimate of drug-likeness (QED) is 0.773. The fourth-order valence-corrected chi connectivity index (χ4v) is 2.37. The molecule has 8 heteroatoms. The molecule has 5 nitrogen and oxygen atoms in total. The molecular formula is C17H9ClF2N2O3. The molecule has 2 aromatic carbocycles. The molecule has 1 heterocycles. The summed E-state index contributed by atoms with van der Waals surface area (Å²) >= 11 is 5.82. The molecule has 0 aliphatic heterocycles. The van der Waals surface area contributed by atoms with Crippen LogP contribution in [0, 0.1) is 11.6 Å². The molecule has 25 heavy (non-hydrogen) atoms. The SMILES string of the molecule is O=C(O)c1cc(-c2ccc(Cl)cc2)nn(-c2cc(F)cc(F)c2)c1=O. The van der Waals surface area contributed by atoms with Gasteiger partial charge in [-0.1, -0.05) is 23.7 Å². The van der Waals surface area contributed by atoms with Crippen molar-refractivity contribution in [2.24, 2.45) is 0 Å². The third-order valence-electron chi connectivity index (χ3n) is 3.37. The summed E-state index contributed by atoms with van der Waals surface area (Å²) in [6, 6.07) is 9.79. The first kappa shape index (κ1) is 16.8. The average Bonchev–Trinajstić information content (AvgIpc) is 2.54. The molecule has 0 fully saturated rings. The van der Waals surface area contributed by atoms with Crippen molar-refractivity contribution in [2.75, 3.05) is 0 Å². The Morgan fingerprint density at radius 2 is 1.64 bits per heavy atom. The van der Waals surface area contributed by atoms with E-state index in [9.17, 15) is 23.5 Å².